The average molecular weight is 238 g/mol. The van der Waals surface area contributed by atoms with E-state index in [1.807, 2.05) is 7.05 Å². The molecule has 1 saturated heterocycles. The monoisotopic (exact) mass is 238 g/mol. The lowest BCUT2D eigenvalue weighted by Gasteiger charge is -2.35. The van der Waals surface area contributed by atoms with Gasteiger partial charge in [-0.25, -0.2) is 0 Å². The molecule has 1 fully saturated rings. The SMILES string of the molecule is CC1CC(NC(=O)C(=O)NCC#N)CCN1C. The van der Waals surface area contributed by atoms with Gasteiger partial charge in [-0.3, -0.25) is 9.59 Å². The van der Waals surface area contributed by atoms with Crippen LogP contribution >= 0.6 is 0 Å². The molecule has 2 amide bonds. The second kappa shape index (κ2) is 6.21. The Bertz CT molecular complexity index is 337. The fourth-order valence-electron chi connectivity index (χ4n) is 1.87. The first-order valence-corrected chi connectivity index (χ1v) is 5.70. The second-order valence-corrected chi connectivity index (χ2v) is 4.37. The zero-order chi connectivity index (χ0) is 12.8. The minimum atomic E-state index is -0.738. The van der Waals surface area contributed by atoms with Crippen LogP contribution in [-0.2, 0) is 9.59 Å². The van der Waals surface area contributed by atoms with Gasteiger partial charge in [0, 0.05) is 18.6 Å². The third kappa shape index (κ3) is 4.04. The van der Waals surface area contributed by atoms with Gasteiger partial charge in [0.2, 0.25) is 0 Å². The van der Waals surface area contributed by atoms with E-state index in [1.54, 1.807) is 6.07 Å². The van der Waals surface area contributed by atoms with Crippen molar-refractivity contribution < 1.29 is 9.59 Å². The van der Waals surface area contributed by atoms with E-state index in [0.29, 0.717) is 6.04 Å². The molecule has 0 radical (unpaired) electrons. The molecule has 2 N–H and O–H groups in total. The van der Waals surface area contributed by atoms with Crippen molar-refractivity contribution in [2.24, 2.45) is 0 Å². The Morgan fingerprint density at radius 1 is 1.47 bits per heavy atom. The molecule has 1 rings (SSSR count). The van der Waals surface area contributed by atoms with Gasteiger partial charge in [-0.1, -0.05) is 0 Å². The molecule has 0 aromatic heterocycles. The van der Waals surface area contributed by atoms with E-state index >= 15 is 0 Å². The van der Waals surface area contributed by atoms with Crippen molar-refractivity contribution in [3.63, 3.8) is 0 Å². The van der Waals surface area contributed by atoms with Crippen molar-refractivity contribution in [2.75, 3.05) is 20.1 Å². The maximum absolute atomic E-state index is 11.5. The highest BCUT2D eigenvalue weighted by Crippen LogP contribution is 2.14. The van der Waals surface area contributed by atoms with Gasteiger partial charge in [0.1, 0.15) is 6.54 Å². The normalized spacial score (nSPS) is 24.8. The van der Waals surface area contributed by atoms with Crippen LogP contribution in [0.2, 0.25) is 0 Å². The van der Waals surface area contributed by atoms with Gasteiger partial charge in [-0.2, -0.15) is 5.26 Å². The quantitative estimate of drug-likeness (QED) is 0.488. The third-order valence-corrected chi connectivity index (χ3v) is 3.08. The van der Waals surface area contributed by atoms with Crippen molar-refractivity contribution in [1.82, 2.24) is 15.5 Å². The molecule has 2 unspecified atom stereocenters. The largest absolute Gasteiger partial charge is 0.345 e. The van der Waals surface area contributed by atoms with E-state index in [-0.39, 0.29) is 12.6 Å². The molecule has 0 aromatic rings. The van der Waals surface area contributed by atoms with Crippen LogP contribution in [0.1, 0.15) is 19.8 Å². The van der Waals surface area contributed by atoms with Crippen LogP contribution in [-0.4, -0.2) is 48.9 Å². The molecule has 2 atom stereocenters. The highest BCUT2D eigenvalue weighted by molar-refractivity contribution is 6.35. The lowest BCUT2D eigenvalue weighted by Crippen LogP contribution is -2.50. The lowest BCUT2D eigenvalue weighted by molar-refractivity contribution is -0.139. The number of rotatable bonds is 2. The van der Waals surface area contributed by atoms with Crippen molar-refractivity contribution in [2.45, 2.75) is 31.8 Å². The fraction of sp³-hybridized carbons (Fsp3) is 0.727. The summed E-state index contributed by atoms with van der Waals surface area (Å²) in [6.07, 6.45) is 1.69. The van der Waals surface area contributed by atoms with Crippen molar-refractivity contribution in [3.05, 3.63) is 0 Å². The predicted octanol–water partition coefficient (Wildman–Crippen LogP) is -0.775. The van der Waals surface area contributed by atoms with E-state index in [9.17, 15) is 9.59 Å². The minimum Gasteiger partial charge on any atom is -0.345 e. The first kappa shape index (κ1) is 13.5. The fourth-order valence-corrected chi connectivity index (χ4v) is 1.87. The van der Waals surface area contributed by atoms with Gasteiger partial charge in [-0.05, 0) is 26.8 Å². The highest BCUT2D eigenvalue weighted by atomic mass is 16.2. The molecule has 0 saturated carbocycles. The zero-order valence-electron chi connectivity index (χ0n) is 10.2. The van der Waals surface area contributed by atoms with E-state index in [1.165, 1.54) is 0 Å². The molecule has 94 valence electrons. The zero-order valence-corrected chi connectivity index (χ0v) is 10.2. The molecule has 0 aliphatic carbocycles. The van der Waals surface area contributed by atoms with E-state index in [0.717, 1.165) is 19.4 Å². The molecule has 1 aliphatic rings. The number of likely N-dealkylation sites (tertiary alicyclic amines) is 1. The Hall–Kier alpha value is -1.61. The van der Waals surface area contributed by atoms with Crippen molar-refractivity contribution in [1.29, 1.82) is 5.26 Å². The summed E-state index contributed by atoms with van der Waals surface area (Å²) in [5.41, 5.74) is 0. The van der Waals surface area contributed by atoms with E-state index < -0.39 is 11.8 Å². The number of piperidine rings is 1. The van der Waals surface area contributed by atoms with Gasteiger partial charge in [0.25, 0.3) is 0 Å². The molecule has 6 nitrogen and oxygen atoms in total. The van der Waals surface area contributed by atoms with Crippen LogP contribution in [0.25, 0.3) is 0 Å². The van der Waals surface area contributed by atoms with Gasteiger partial charge in [-0.15, -0.1) is 0 Å². The van der Waals surface area contributed by atoms with Crippen molar-refractivity contribution >= 4 is 11.8 Å². The summed E-state index contributed by atoms with van der Waals surface area (Å²) in [6.45, 7) is 2.86. The maximum Gasteiger partial charge on any atom is 0.310 e. The number of nitrogens with zero attached hydrogens (tertiary/aromatic N) is 2. The van der Waals surface area contributed by atoms with Gasteiger partial charge < -0.3 is 15.5 Å². The summed E-state index contributed by atoms with van der Waals surface area (Å²) in [6, 6.07) is 2.19. The van der Waals surface area contributed by atoms with Crippen LogP contribution in [0, 0.1) is 11.3 Å². The van der Waals surface area contributed by atoms with Crippen LogP contribution in [0.15, 0.2) is 0 Å². The summed E-state index contributed by atoms with van der Waals surface area (Å²) in [5.74, 6) is -1.39. The number of hydrogen-bond acceptors (Lipinski definition) is 4. The number of carbonyl (C=O) groups excluding carboxylic acids is 2. The Labute approximate surface area is 101 Å². The first-order valence-electron chi connectivity index (χ1n) is 5.70. The van der Waals surface area contributed by atoms with Crippen LogP contribution in [0.3, 0.4) is 0 Å². The van der Waals surface area contributed by atoms with E-state index in [2.05, 4.69) is 22.5 Å². The summed E-state index contributed by atoms with van der Waals surface area (Å²) in [7, 11) is 2.04. The summed E-state index contributed by atoms with van der Waals surface area (Å²) < 4.78 is 0. The van der Waals surface area contributed by atoms with Crippen molar-refractivity contribution in [3.8, 4) is 6.07 Å². The van der Waals surface area contributed by atoms with E-state index in [4.69, 9.17) is 5.26 Å². The van der Waals surface area contributed by atoms with Gasteiger partial charge in [0.05, 0.1) is 6.07 Å². The predicted molar refractivity (Wildman–Crippen MR) is 61.9 cm³/mol. The summed E-state index contributed by atoms with van der Waals surface area (Å²) in [4.78, 5) is 24.9. The Balaban J connectivity index is 2.36. The lowest BCUT2D eigenvalue weighted by atomic mass is 9.99. The van der Waals surface area contributed by atoms with Crippen LogP contribution in [0.4, 0.5) is 0 Å². The maximum atomic E-state index is 11.5. The molecular weight excluding hydrogens is 220 g/mol. The minimum absolute atomic E-state index is 0.0431. The Kier molecular flexibility index (Phi) is 4.91. The third-order valence-electron chi connectivity index (χ3n) is 3.08. The van der Waals surface area contributed by atoms with Crippen LogP contribution < -0.4 is 10.6 Å². The molecule has 1 heterocycles. The highest BCUT2D eigenvalue weighted by Gasteiger charge is 2.25. The number of amides is 2. The molecule has 17 heavy (non-hydrogen) atoms. The number of carbonyl (C=O) groups is 2. The molecule has 0 aromatic carbocycles. The molecule has 1 aliphatic heterocycles. The summed E-state index contributed by atoms with van der Waals surface area (Å²) in [5, 5.41) is 13.2. The van der Waals surface area contributed by atoms with Crippen LogP contribution in [0.5, 0.6) is 0 Å². The number of hydrogen-bond donors (Lipinski definition) is 2. The topological polar surface area (TPSA) is 85.2 Å². The Morgan fingerprint density at radius 2 is 2.18 bits per heavy atom. The Morgan fingerprint density at radius 3 is 2.76 bits per heavy atom. The van der Waals surface area contributed by atoms with Gasteiger partial charge in [0.15, 0.2) is 0 Å². The first-order chi connectivity index (χ1) is 8.04. The molecular formula is C11H18N4O2. The van der Waals surface area contributed by atoms with Gasteiger partial charge >= 0.3 is 11.8 Å². The number of nitrogens with one attached hydrogen (secondary N) is 2. The summed E-state index contributed by atoms with van der Waals surface area (Å²) >= 11 is 0. The smallest absolute Gasteiger partial charge is 0.310 e. The molecule has 0 spiro atoms. The molecule has 6 heteroatoms. The average Bonchev–Trinajstić information content (AvgIpc) is 2.30. The second-order valence-electron chi connectivity index (χ2n) is 4.37. The molecule has 0 bridgehead atoms. The standard InChI is InChI=1S/C11H18N4O2/c1-8-7-9(3-6-15(8)2)14-11(17)10(16)13-5-4-12/h8-9H,3,5-7H2,1-2H3,(H,13,16)(H,14,17). The number of nitriles is 1.